The van der Waals surface area contributed by atoms with Crippen LogP contribution in [0.4, 0.5) is 4.39 Å². The van der Waals surface area contributed by atoms with Crippen LogP contribution < -0.4 is 5.43 Å². The van der Waals surface area contributed by atoms with Crippen molar-refractivity contribution in [1.29, 1.82) is 0 Å². The predicted octanol–water partition coefficient (Wildman–Crippen LogP) is 2.08. The van der Waals surface area contributed by atoms with Crippen LogP contribution in [0.1, 0.15) is 5.69 Å². The Balaban J connectivity index is 2.45. The predicted molar refractivity (Wildman–Crippen MR) is 73.1 cm³/mol. The van der Waals surface area contributed by atoms with E-state index < -0.39 is 17.0 Å². The summed E-state index contributed by atoms with van der Waals surface area (Å²) in [6.07, 6.45) is 0. The number of aryl methyl sites for hydroxylation is 2. The maximum Gasteiger partial charge on any atom is 0.235 e. The van der Waals surface area contributed by atoms with Crippen LogP contribution in [0.5, 0.6) is 5.75 Å². The summed E-state index contributed by atoms with van der Waals surface area (Å²) in [5, 5.41) is 14.5. The Morgan fingerprint density at radius 3 is 2.75 bits per heavy atom. The van der Waals surface area contributed by atoms with Gasteiger partial charge in [0.1, 0.15) is 11.5 Å². The number of pyridine rings is 1. The lowest BCUT2D eigenvalue weighted by atomic mass is 10.1. The second-order valence-corrected chi connectivity index (χ2v) is 4.59. The summed E-state index contributed by atoms with van der Waals surface area (Å²) in [5.74, 6) is -1.02. The summed E-state index contributed by atoms with van der Waals surface area (Å²) in [5.41, 5.74) is 0.608. The topological polar surface area (TPSA) is 70.9 Å². The Hall–Kier alpha value is -2.63. The zero-order chi connectivity index (χ0) is 14.4. The summed E-state index contributed by atoms with van der Waals surface area (Å²) in [6, 6.07) is 5.94. The third-order valence-corrected chi connectivity index (χ3v) is 3.29. The van der Waals surface area contributed by atoms with Gasteiger partial charge in [0, 0.05) is 12.6 Å². The molecule has 0 radical (unpaired) electrons. The molecule has 0 aliphatic heterocycles. The molecule has 0 spiro atoms. The van der Waals surface area contributed by atoms with Crippen molar-refractivity contribution >= 4 is 11.0 Å². The third kappa shape index (κ3) is 1.61. The Labute approximate surface area is 113 Å². The number of H-pyrrole nitrogens is 1. The fourth-order valence-electron chi connectivity index (χ4n) is 2.34. The van der Waals surface area contributed by atoms with Crippen molar-refractivity contribution in [2.24, 2.45) is 7.05 Å². The Morgan fingerprint density at radius 2 is 2.05 bits per heavy atom. The van der Waals surface area contributed by atoms with Crippen molar-refractivity contribution in [2.75, 3.05) is 0 Å². The van der Waals surface area contributed by atoms with Gasteiger partial charge in [-0.3, -0.25) is 9.48 Å². The lowest BCUT2D eigenvalue weighted by Crippen LogP contribution is -2.06. The van der Waals surface area contributed by atoms with Crippen LogP contribution in [-0.2, 0) is 7.05 Å². The van der Waals surface area contributed by atoms with E-state index in [0.29, 0.717) is 16.7 Å². The molecule has 0 atom stereocenters. The van der Waals surface area contributed by atoms with Gasteiger partial charge in [-0.15, -0.1) is 0 Å². The first-order valence-electron chi connectivity index (χ1n) is 6.04. The molecule has 0 aliphatic rings. The van der Waals surface area contributed by atoms with Gasteiger partial charge in [0.25, 0.3) is 0 Å². The van der Waals surface area contributed by atoms with Gasteiger partial charge in [-0.2, -0.15) is 5.10 Å². The minimum Gasteiger partial charge on any atom is -0.503 e. The van der Waals surface area contributed by atoms with E-state index in [0.717, 1.165) is 0 Å². The maximum absolute atomic E-state index is 13.8. The number of aromatic hydroxyl groups is 1. The van der Waals surface area contributed by atoms with Gasteiger partial charge >= 0.3 is 0 Å². The fraction of sp³-hybridized carbons (Fsp3) is 0.143. The molecule has 20 heavy (non-hydrogen) atoms. The van der Waals surface area contributed by atoms with E-state index in [1.54, 1.807) is 26.1 Å². The number of aromatic nitrogens is 3. The number of nitrogens with one attached hydrogen (secondary N) is 1. The minimum absolute atomic E-state index is 0.0589. The number of halogens is 1. The van der Waals surface area contributed by atoms with Crippen molar-refractivity contribution in [3.05, 3.63) is 46.0 Å². The molecule has 3 aromatic rings. The summed E-state index contributed by atoms with van der Waals surface area (Å²) in [6.45, 7) is 1.68. The molecule has 0 saturated carbocycles. The van der Waals surface area contributed by atoms with E-state index in [1.807, 2.05) is 0 Å². The lowest BCUT2D eigenvalue weighted by molar-refractivity contribution is 0.470. The first-order valence-corrected chi connectivity index (χ1v) is 6.04. The number of aromatic amines is 1. The molecule has 3 rings (SSSR count). The number of fused-ring (bicyclic) bond motifs is 1. The van der Waals surface area contributed by atoms with Crippen molar-refractivity contribution < 1.29 is 9.50 Å². The van der Waals surface area contributed by atoms with E-state index in [-0.39, 0.29) is 11.3 Å². The highest BCUT2D eigenvalue weighted by Gasteiger charge is 2.19. The third-order valence-electron chi connectivity index (χ3n) is 3.29. The molecular formula is C14H12FN3O2. The second-order valence-electron chi connectivity index (χ2n) is 4.59. The van der Waals surface area contributed by atoms with Crippen LogP contribution in [0.15, 0.2) is 29.1 Å². The van der Waals surface area contributed by atoms with Gasteiger partial charge in [0.2, 0.25) is 5.43 Å². The average molecular weight is 273 g/mol. The monoisotopic (exact) mass is 273 g/mol. The van der Waals surface area contributed by atoms with Gasteiger partial charge in [-0.25, -0.2) is 4.39 Å². The van der Waals surface area contributed by atoms with Crippen LogP contribution in [0.2, 0.25) is 0 Å². The first-order chi connectivity index (χ1) is 9.50. The van der Waals surface area contributed by atoms with E-state index in [9.17, 15) is 14.3 Å². The number of hydrogen-bond acceptors (Lipinski definition) is 3. The SMILES string of the molecule is Cc1nn(C)c2[nH]c(-c3ccccc3F)c(O)c(=O)c12. The fourth-order valence-corrected chi connectivity index (χ4v) is 2.34. The molecule has 0 fully saturated rings. The molecule has 2 heterocycles. The number of hydrogen-bond donors (Lipinski definition) is 2. The van der Waals surface area contributed by atoms with Crippen LogP contribution in [0.3, 0.4) is 0 Å². The minimum atomic E-state index is -0.553. The smallest absolute Gasteiger partial charge is 0.235 e. The number of rotatable bonds is 1. The number of benzene rings is 1. The number of nitrogens with zero attached hydrogens (tertiary/aromatic N) is 2. The highest BCUT2D eigenvalue weighted by Crippen LogP contribution is 2.29. The van der Waals surface area contributed by atoms with E-state index >= 15 is 0 Å². The molecular weight excluding hydrogens is 261 g/mol. The normalized spacial score (nSPS) is 11.2. The largest absolute Gasteiger partial charge is 0.503 e. The first kappa shape index (κ1) is 12.4. The molecule has 0 saturated heterocycles. The molecule has 2 N–H and O–H groups in total. The summed E-state index contributed by atoms with van der Waals surface area (Å²) in [7, 11) is 1.67. The van der Waals surface area contributed by atoms with Crippen molar-refractivity contribution in [3.8, 4) is 17.0 Å². The molecule has 0 unspecified atom stereocenters. The van der Waals surface area contributed by atoms with Gasteiger partial charge < -0.3 is 10.1 Å². The zero-order valence-corrected chi connectivity index (χ0v) is 10.9. The summed E-state index contributed by atoms with van der Waals surface area (Å²) < 4.78 is 15.3. The van der Waals surface area contributed by atoms with Crippen LogP contribution >= 0.6 is 0 Å². The molecule has 0 bridgehead atoms. The molecule has 0 amide bonds. The molecule has 2 aromatic heterocycles. The van der Waals surface area contributed by atoms with E-state index in [4.69, 9.17) is 0 Å². The van der Waals surface area contributed by atoms with Crippen LogP contribution in [-0.4, -0.2) is 19.9 Å². The molecule has 1 aromatic carbocycles. The van der Waals surface area contributed by atoms with Gasteiger partial charge in [-0.05, 0) is 19.1 Å². The van der Waals surface area contributed by atoms with Crippen molar-refractivity contribution in [2.45, 2.75) is 6.92 Å². The Kier molecular flexibility index (Phi) is 2.60. The summed E-state index contributed by atoms with van der Waals surface area (Å²) >= 11 is 0. The highest BCUT2D eigenvalue weighted by molar-refractivity contribution is 5.84. The zero-order valence-electron chi connectivity index (χ0n) is 10.9. The van der Waals surface area contributed by atoms with Crippen LogP contribution in [0, 0.1) is 12.7 Å². The molecule has 5 nitrogen and oxygen atoms in total. The molecule has 0 aliphatic carbocycles. The standard InChI is InChI=1S/C14H12FN3O2/c1-7-10-12(19)13(20)11(16-14(10)18(2)17-7)8-5-3-4-6-9(8)15/h3-6,20H,1-2H3,(H,16,19). The highest BCUT2D eigenvalue weighted by atomic mass is 19.1. The van der Waals surface area contributed by atoms with Crippen molar-refractivity contribution in [1.82, 2.24) is 14.8 Å². The van der Waals surface area contributed by atoms with Gasteiger partial charge in [0.05, 0.1) is 16.8 Å². The molecule has 102 valence electrons. The quantitative estimate of drug-likeness (QED) is 0.713. The van der Waals surface area contributed by atoms with Crippen molar-refractivity contribution in [3.63, 3.8) is 0 Å². The van der Waals surface area contributed by atoms with Crippen LogP contribution in [0.25, 0.3) is 22.3 Å². The van der Waals surface area contributed by atoms with E-state index in [2.05, 4.69) is 10.1 Å². The van der Waals surface area contributed by atoms with Gasteiger partial charge in [-0.1, -0.05) is 12.1 Å². The second kappa shape index (κ2) is 4.19. The Morgan fingerprint density at radius 1 is 1.35 bits per heavy atom. The lowest BCUT2D eigenvalue weighted by Gasteiger charge is -2.07. The maximum atomic E-state index is 13.8. The Bertz CT molecular complexity index is 880. The summed E-state index contributed by atoms with van der Waals surface area (Å²) in [4.78, 5) is 15.1. The van der Waals surface area contributed by atoms with E-state index in [1.165, 1.54) is 16.8 Å². The van der Waals surface area contributed by atoms with Gasteiger partial charge in [0.15, 0.2) is 5.75 Å². The molecule has 6 heteroatoms. The average Bonchev–Trinajstić information content (AvgIpc) is 2.69.